The number of pyridine rings is 1. The molecule has 0 aliphatic rings. The average molecular weight is 352 g/mol. The topological polar surface area (TPSA) is 61.1 Å². The summed E-state index contributed by atoms with van der Waals surface area (Å²) in [5.41, 5.74) is -1.28. The molecule has 2 aromatic rings. The Hall–Kier alpha value is -1.80. The zero-order valence-corrected chi connectivity index (χ0v) is 12.4. The Labute approximate surface area is 129 Å². The first-order chi connectivity index (χ1) is 10.1. The molecule has 0 fully saturated rings. The van der Waals surface area contributed by atoms with E-state index in [-0.39, 0.29) is 10.3 Å². The predicted molar refractivity (Wildman–Crippen MR) is 72.6 cm³/mol. The highest BCUT2D eigenvalue weighted by atomic mass is 35.5. The number of aromatic nitrogens is 1. The zero-order chi connectivity index (χ0) is 16.5. The average Bonchev–Trinajstić information content (AvgIpc) is 2.46. The van der Waals surface area contributed by atoms with Gasteiger partial charge in [-0.15, -0.1) is 0 Å². The van der Waals surface area contributed by atoms with Crippen molar-refractivity contribution >= 4 is 21.4 Å². The molecule has 0 aliphatic carbocycles. The molecule has 0 amide bonds. The molecule has 1 heterocycles. The number of hydrogen-bond donors (Lipinski definition) is 0. The Morgan fingerprint density at radius 1 is 1.14 bits per heavy atom. The van der Waals surface area contributed by atoms with Gasteiger partial charge in [-0.3, -0.25) is 0 Å². The van der Waals surface area contributed by atoms with Crippen LogP contribution in [0.5, 0.6) is 0 Å². The molecule has 9 heteroatoms. The molecule has 0 N–H and O–H groups in total. The summed E-state index contributed by atoms with van der Waals surface area (Å²) in [7, 11) is -4.34. The number of benzene rings is 1. The summed E-state index contributed by atoms with van der Waals surface area (Å²) in [6.07, 6.45) is -3.66. The smallest absolute Gasteiger partial charge is 0.416 e. The van der Waals surface area contributed by atoms with Crippen LogP contribution in [0.4, 0.5) is 13.2 Å². The standard InChI is InChI=1S/C13H9ClF3NO3S/c14-12(9-4-3-5-10(8-9)13(15,16)17)22(20,21)11-6-1-2-7-18(11)19/h1-8,12H. The van der Waals surface area contributed by atoms with Crippen molar-refractivity contribution in [3.05, 3.63) is 65.0 Å². The van der Waals surface area contributed by atoms with E-state index in [0.29, 0.717) is 6.07 Å². The molecule has 1 aromatic carbocycles. The molecule has 118 valence electrons. The number of rotatable bonds is 3. The summed E-state index contributed by atoms with van der Waals surface area (Å²) in [5, 5.41) is 10.9. The highest BCUT2D eigenvalue weighted by Gasteiger charge is 2.36. The van der Waals surface area contributed by atoms with E-state index in [1.54, 1.807) is 0 Å². The van der Waals surface area contributed by atoms with E-state index >= 15 is 0 Å². The molecule has 0 saturated heterocycles. The van der Waals surface area contributed by atoms with Gasteiger partial charge >= 0.3 is 11.2 Å². The maximum Gasteiger partial charge on any atom is 0.416 e. The minimum absolute atomic E-state index is 0.0956. The predicted octanol–water partition coefficient (Wildman–Crippen LogP) is 3.05. The molecule has 1 aromatic heterocycles. The van der Waals surface area contributed by atoms with Crippen molar-refractivity contribution < 1.29 is 26.3 Å². The molecule has 1 unspecified atom stereocenters. The number of sulfone groups is 1. The van der Waals surface area contributed by atoms with E-state index in [1.807, 2.05) is 0 Å². The minimum Gasteiger partial charge on any atom is -0.618 e. The fourth-order valence-electron chi connectivity index (χ4n) is 1.77. The van der Waals surface area contributed by atoms with Gasteiger partial charge in [-0.05, 0) is 23.8 Å². The minimum atomic E-state index is -4.62. The van der Waals surface area contributed by atoms with Crippen molar-refractivity contribution in [3.63, 3.8) is 0 Å². The molecule has 0 saturated carbocycles. The lowest BCUT2D eigenvalue weighted by Crippen LogP contribution is -2.34. The van der Waals surface area contributed by atoms with Gasteiger partial charge < -0.3 is 5.21 Å². The number of hydrogen-bond acceptors (Lipinski definition) is 3. The lowest BCUT2D eigenvalue weighted by Gasteiger charge is -2.13. The van der Waals surface area contributed by atoms with Crippen LogP contribution in [-0.4, -0.2) is 8.42 Å². The maximum absolute atomic E-state index is 12.7. The van der Waals surface area contributed by atoms with Crippen molar-refractivity contribution in [2.24, 2.45) is 0 Å². The third-order valence-electron chi connectivity index (χ3n) is 2.83. The van der Waals surface area contributed by atoms with Crippen molar-refractivity contribution in [2.75, 3.05) is 0 Å². The van der Waals surface area contributed by atoms with Crippen LogP contribution in [0.25, 0.3) is 0 Å². The van der Waals surface area contributed by atoms with Crippen LogP contribution in [0.15, 0.2) is 53.7 Å². The normalized spacial score (nSPS) is 13.8. The second-order valence-electron chi connectivity index (χ2n) is 4.35. The van der Waals surface area contributed by atoms with E-state index in [0.717, 1.165) is 30.5 Å². The Morgan fingerprint density at radius 3 is 2.41 bits per heavy atom. The third kappa shape index (κ3) is 3.17. The van der Waals surface area contributed by atoms with Gasteiger partial charge in [0.15, 0.2) is 10.9 Å². The fraction of sp³-hybridized carbons (Fsp3) is 0.154. The lowest BCUT2D eigenvalue weighted by atomic mass is 10.1. The quantitative estimate of drug-likeness (QED) is 0.485. The van der Waals surface area contributed by atoms with Gasteiger partial charge in [0, 0.05) is 12.1 Å². The molecule has 22 heavy (non-hydrogen) atoms. The summed E-state index contributed by atoms with van der Waals surface area (Å²) in [6.45, 7) is 0. The molecule has 0 aliphatic heterocycles. The number of alkyl halides is 4. The first-order valence-corrected chi connectivity index (χ1v) is 7.85. The van der Waals surface area contributed by atoms with Gasteiger partial charge in [0.1, 0.15) is 0 Å². The number of nitrogens with zero attached hydrogens (tertiary/aromatic N) is 1. The van der Waals surface area contributed by atoms with E-state index in [1.165, 1.54) is 12.1 Å². The summed E-state index contributed by atoms with van der Waals surface area (Å²) in [6, 6.07) is 7.33. The van der Waals surface area contributed by atoms with E-state index in [9.17, 15) is 26.8 Å². The maximum atomic E-state index is 12.7. The monoisotopic (exact) mass is 351 g/mol. The molecule has 0 radical (unpaired) electrons. The third-order valence-corrected chi connectivity index (χ3v) is 5.50. The molecule has 0 spiro atoms. The Kier molecular flexibility index (Phi) is 4.35. The first-order valence-electron chi connectivity index (χ1n) is 5.87. The highest BCUT2D eigenvalue weighted by Crippen LogP contribution is 2.35. The van der Waals surface area contributed by atoms with E-state index in [2.05, 4.69) is 0 Å². The molecular formula is C13H9ClF3NO3S. The van der Waals surface area contributed by atoms with Crippen molar-refractivity contribution in [3.8, 4) is 0 Å². The summed E-state index contributed by atoms with van der Waals surface area (Å²) >= 11 is 5.82. The molecule has 0 bridgehead atoms. The summed E-state index contributed by atoms with van der Waals surface area (Å²) in [4.78, 5) is 0. The van der Waals surface area contributed by atoms with Crippen LogP contribution in [0.1, 0.15) is 15.8 Å². The molecule has 1 atom stereocenters. The Bertz CT molecular complexity index is 793. The van der Waals surface area contributed by atoms with E-state index in [4.69, 9.17) is 11.6 Å². The Balaban J connectivity index is 2.48. The van der Waals surface area contributed by atoms with Crippen molar-refractivity contribution in [1.29, 1.82) is 0 Å². The van der Waals surface area contributed by atoms with E-state index < -0.39 is 31.3 Å². The van der Waals surface area contributed by atoms with Crippen LogP contribution in [0, 0.1) is 5.21 Å². The van der Waals surface area contributed by atoms with Gasteiger partial charge in [-0.2, -0.15) is 17.9 Å². The molecule has 2 rings (SSSR count). The summed E-state index contributed by atoms with van der Waals surface area (Å²) < 4.78 is 60.9. The SMILES string of the molecule is O=S(=O)(c1cccc[n+]1[O-])C(Cl)c1cccc(C(F)(F)F)c1. The van der Waals surface area contributed by atoms with Crippen LogP contribution < -0.4 is 4.73 Å². The summed E-state index contributed by atoms with van der Waals surface area (Å²) in [5.74, 6) is 0. The van der Waals surface area contributed by atoms with Gasteiger partial charge in [0.2, 0.25) is 0 Å². The number of halogens is 4. The van der Waals surface area contributed by atoms with Crippen molar-refractivity contribution in [2.45, 2.75) is 15.9 Å². The Morgan fingerprint density at radius 2 is 1.82 bits per heavy atom. The molecular weight excluding hydrogens is 343 g/mol. The van der Waals surface area contributed by atoms with Crippen molar-refractivity contribution in [1.82, 2.24) is 0 Å². The second kappa shape index (κ2) is 5.77. The van der Waals surface area contributed by atoms with Crippen LogP contribution >= 0.6 is 11.6 Å². The van der Waals surface area contributed by atoms with Gasteiger partial charge in [0.25, 0.3) is 9.84 Å². The van der Waals surface area contributed by atoms with Gasteiger partial charge in [-0.1, -0.05) is 23.7 Å². The highest BCUT2D eigenvalue weighted by molar-refractivity contribution is 7.92. The van der Waals surface area contributed by atoms with Crippen LogP contribution in [-0.2, 0) is 16.0 Å². The second-order valence-corrected chi connectivity index (χ2v) is 7.02. The largest absolute Gasteiger partial charge is 0.618 e. The molecule has 4 nitrogen and oxygen atoms in total. The lowest BCUT2D eigenvalue weighted by molar-refractivity contribution is -0.646. The van der Waals surface area contributed by atoms with Gasteiger partial charge in [0.05, 0.1) is 5.56 Å². The zero-order valence-electron chi connectivity index (χ0n) is 10.8. The first kappa shape index (κ1) is 16.6. The van der Waals surface area contributed by atoms with Gasteiger partial charge in [-0.25, -0.2) is 8.42 Å². The fourth-order valence-corrected chi connectivity index (χ4v) is 3.48. The van der Waals surface area contributed by atoms with Crippen LogP contribution in [0.3, 0.4) is 0 Å². The van der Waals surface area contributed by atoms with Crippen LogP contribution in [0.2, 0.25) is 0 Å².